The molecule has 2 amide bonds. The number of hydrogen-bond acceptors (Lipinski definition) is 4. The molecule has 2 aromatic rings. The van der Waals surface area contributed by atoms with Gasteiger partial charge in [-0.15, -0.1) is 0 Å². The third-order valence-corrected chi connectivity index (χ3v) is 5.85. The zero-order valence-corrected chi connectivity index (χ0v) is 18.0. The molecule has 1 unspecified atom stereocenters. The zero-order valence-electron chi connectivity index (χ0n) is 17.2. The van der Waals surface area contributed by atoms with Gasteiger partial charge in [0.2, 0.25) is 5.91 Å². The summed E-state index contributed by atoms with van der Waals surface area (Å²) < 4.78 is 0. The number of nitrogens with zero attached hydrogens (tertiary/aromatic N) is 4. The Morgan fingerprint density at radius 1 is 1.07 bits per heavy atom. The number of aryl methyl sites for hydroxylation is 1. The highest BCUT2D eigenvalue weighted by molar-refractivity contribution is 6.40. The topological polar surface area (TPSA) is 56.2 Å². The van der Waals surface area contributed by atoms with E-state index in [0.29, 0.717) is 35.9 Å². The van der Waals surface area contributed by atoms with Gasteiger partial charge in [0, 0.05) is 49.2 Å². The van der Waals surface area contributed by atoms with Gasteiger partial charge in [-0.1, -0.05) is 23.7 Å². The number of rotatable bonds is 3. The molecule has 2 aromatic carbocycles. The summed E-state index contributed by atoms with van der Waals surface area (Å²) in [4.78, 5) is 29.7. The van der Waals surface area contributed by atoms with Crippen LogP contribution in [0.15, 0.2) is 53.6 Å². The van der Waals surface area contributed by atoms with Crippen LogP contribution in [0.1, 0.15) is 25.3 Å². The van der Waals surface area contributed by atoms with Gasteiger partial charge in [-0.05, 0) is 55.8 Å². The Morgan fingerprint density at radius 3 is 2.53 bits per heavy atom. The smallest absolute Gasteiger partial charge is 0.270 e. The lowest BCUT2D eigenvalue weighted by Crippen LogP contribution is -2.55. The molecule has 4 rings (SSSR count). The molecule has 2 aliphatic rings. The first-order valence-corrected chi connectivity index (χ1v) is 10.6. The third kappa shape index (κ3) is 4.19. The van der Waals surface area contributed by atoms with Crippen LogP contribution in [0.2, 0.25) is 5.02 Å². The SMILES string of the molecule is Cc1cccc(N2CCN(C(=O)C3=NN(c4ccc(Cl)cc4)C(=O)CC3)CC2C)c1. The van der Waals surface area contributed by atoms with Crippen molar-refractivity contribution in [3.63, 3.8) is 0 Å². The Morgan fingerprint density at radius 2 is 1.83 bits per heavy atom. The molecule has 0 aliphatic carbocycles. The Labute approximate surface area is 181 Å². The van der Waals surface area contributed by atoms with Gasteiger partial charge in [-0.25, -0.2) is 5.01 Å². The largest absolute Gasteiger partial charge is 0.365 e. The minimum absolute atomic E-state index is 0.0859. The summed E-state index contributed by atoms with van der Waals surface area (Å²) >= 11 is 5.94. The van der Waals surface area contributed by atoms with Crippen molar-refractivity contribution in [3.05, 3.63) is 59.1 Å². The fraction of sp³-hybridized carbons (Fsp3) is 0.348. The molecule has 7 heteroatoms. The van der Waals surface area contributed by atoms with Crippen molar-refractivity contribution in [3.8, 4) is 0 Å². The van der Waals surface area contributed by atoms with E-state index in [9.17, 15) is 9.59 Å². The van der Waals surface area contributed by atoms with Crippen LogP contribution >= 0.6 is 11.6 Å². The van der Waals surface area contributed by atoms with Gasteiger partial charge in [0.05, 0.1) is 5.69 Å². The molecule has 156 valence electrons. The minimum Gasteiger partial charge on any atom is -0.365 e. The summed E-state index contributed by atoms with van der Waals surface area (Å²) in [6, 6.07) is 15.5. The quantitative estimate of drug-likeness (QED) is 0.751. The van der Waals surface area contributed by atoms with E-state index in [2.05, 4.69) is 48.1 Å². The first-order valence-electron chi connectivity index (χ1n) is 10.2. The van der Waals surface area contributed by atoms with Crippen molar-refractivity contribution in [2.75, 3.05) is 29.5 Å². The molecular formula is C23H25ClN4O2. The number of hydrogen-bond donors (Lipinski definition) is 0. The molecule has 0 N–H and O–H groups in total. The second kappa shape index (κ2) is 8.48. The molecular weight excluding hydrogens is 400 g/mol. The van der Waals surface area contributed by atoms with Crippen LogP contribution in [-0.4, -0.2) is 48.1 Å². The fourth-order valence-corrected chi connectivity index (χ4v) is 4.13. The molecule has 1 saturated heterocycles. The summed E-state index contributed by atoms with van der Waals surface area (Å²) in [7, 11) is 0. The summed E-state index contributed by atoms with van der Waals surface area (Å²) in [5.41, 5.74) is 3.46. The number of halogens is 1. The Bertz CT molecular complexity index is 989. The average molecular weight is 425 g/mol. The lowest BCUT2D eigenvalue weighted by molar-refractivity contribution is -0.125. The molecule has 0 saturated carbocycles. The van der Waals surface area contributed by atoms with E-state index >= 15 is 0 Å². The monoisotopic (exact) mass is 424 g/mol. The number of amides is 2. The van der Waals surface area contributed by atoms with E-state index in [1.807, 2.05) is 4.90 Å². The van der Waals surface area contributed by atoms with Gasteiger partial charge >= 0.3 is 0 Å². The second-order valence-corrected chi connectivity index (χ2v) is 8.30. The van der Waals surface area contributed by atoms with E-state index in [1.54, 1.807) is 24.3 Å². The minimum atomic E-state index is -0.119. The lowest BCUT2D eigenvalue weighted by atomic mass is 10.1. The highest BCUT2D eigenvalue weighted by Gasteiger charge is 2.32. The van der Waals surface area contributed by atoms with Crippen molar-refractivity contribution < 1.29 is 9.59 Å². The van der Waals surface area contributed by atoms with Gasteiger partial charge < -0.3 is 9.80 Å². The number of piperazine rings is 1. The number of hydrazone groups is 1. The predicted octanol–water partition coefficient (Wildman–Crippen LogP) is 3.87. The Hall–Kier alpha value is -2.86. The molecule has 0 spiro atoms. The van der Waals surface area contributed by atoms with Crippen molar-refractivity contribution in [1.82, 2.24) is 4.90 Å². The number of benzene rings is 2. The summed E-state index contributed by atoms with van der Waals surface area (Å²) in [5.74, 6) is -0.205. The summed E-state index contributed by atoms with van der Waals surface area (Å²) in [6.07, 6.45) is 0.639. The van der Waals surface area contributed by atoms with E-state index < -0.39 is 0 Å². The van der Waals surface area contributed by atoms with Gasteiger partial charge in [-0.3, -0.25) is 9.59 Å². The summed E-state index contributed by atoms with van der Waals surface area (Å²) in [6.45, 7) is 6.24. The van der Waals surface area contributed by atoms with Crippen LogP contribution in [0.4, 0.5) is 11.4 Å². The van der Waals surface area contributed by atoms with E-state index in [-0.39, 0.29) is 24.3 Å². The molecule has 0 aromatic heterocycles. The van der Waals surface area contributed by atoms with E-state index in [1.165, 1.54) is 16.3 Å². The molecule has 0 radical (unpaired) electrons. The van der Waals surface area contributed by atoms with Crippen LogP contribution in [-0.2, 0) is 9.59 Å². The molecule has 6 nitrogen and oxygen atoms in total. The molecule has 0 bridgehead atoms. The number of anilines is 2. The highest BCUT2D eigenvalue weighted by atomic mass is 35.5. The maximum Gasteiger partial charge on any atom is 0.270 e. The van der Waals surface area contributed by atoms with E-state index in [4.69, 9.17) is 11.6 Å². The fourth-order valence-electron chi connectivity index (χ4n) is 4.01. The molecule has 1 fully saturated rings. The van der Waals surface area contributed by atoms with Crippen molar-refractivity contribution in [1.29, 1.82) is 0 Å². The first-order chi connectivity index (χ1) is 14.4. The molecule has 1 atom stereocenters. The van der Waals surface area contributed by atoms with Gasteiger partial charge in [-0.2, -0.15) is 5.10 Å². The first kappa shape index (κ1) is 20.4. The third-order valence-electron chi connectivity index (χ3n) is 5.60. The van der Waals surface area contributed by atoms with Gasteiger partial charge in [0.1, 0.15) is 5.71 Å². The Kier molecular flexibility index (Phi) is 5.77. The molecule has 2 aliphatic heterocycles. The molecule has 2 heterocycles. The number of carbonyl (C=O) groups is 2. The van der Waals surface area contributed by atoms with E-state index in [0.717, 1.165) is 6.54 Å². The van der Waals surface area contributed by atoms with Crippen LogP contribution in [0.5, 0.6) is 0 Å². The van der Waals surface area contributed by atoms with Crippen molar-refractivity contribution in [2.45, 2.75) is 32.7 Å². The maximum absolute atomic E-state index is 13.2. The predicted molar refractivity (Wildman–Crippen MR) is 120 cm³/mol. The second-order valence-electron chi connectivity index (χ2n) is 7.86. The highest BCUT2D eigenvalue weighted by Crippen LogP contribution is 2.25. The number of carbonyl (C=O) groups excluding carboxylic acids is 2. The van der Waals surface area contributed by atoms with Gasteiger partial charge in [0.25, 0.3) is 5.91 Å². The van der Waals surface area contributed by atoms with Crippen LogP contribution in [0.3, 0.4) is 0 Å². The van der Waals surface area contributed by atoms with Crippen LogP contribution < -0.4 is 9.91 Å². The average Bonchev–Trinajstić information content (AvgIpc) is 2.74. The van der Waals surface area contributed by atoms with Gasteiger partial charge in [0.15, 0.2) is 0 Å². The molecule has 30 heavy (non-hydrogen) atoms. The zero-order chi connectivity index (χ0) is 21.3. The normalized spacial score (nSPS) is 19.7. The lowest BCUT2D eigenvalue weighted by Gasteiger charge is -2.41. The van der Waals surface area contributed by atoms with Crippen molar-refractivity contribution >= 4 is 40.5 Å². The summed E-state index contributed by atoms with van der Waals surface area (Å²) in [5, 5.41) is 6.31. The van der Waals surface area contributed by atoms with Crippen LogP contribution in [0, 0.1) is 6.92 Å². The maximum atomic E-state index is 13.2. The van der Waals surface area contributed by atoms with Crippen molar-refractivity contribution in [2.24, 2.45) is 5.10 Å². The standard InChI is InChI=1S/C23H25ClN4O2/c1-16-4-3-5-20(14-16)27-13-12-26(15-17(27)2)23(30)21-10-11-22(29)28(25-21)19-8-6-18(24)7-9-19/h3-9,14,17H,10-13,15H2,1-2H3. The van der Waals surface area contributed by atoms with Crippen LogP contribution in [0.25, 0.3) is 0 Å². The Balaban J connectivity index is 1.48.